The molecule has 5 nitrogen and oxygen atoms in total. The Hall–Kier alpha value is -2.57. The molecule has 1 fully saturated rings. The van der Waals surface area contributed by atoms with Crippen LogP contribution in [0.5, 0.6) is 0 Å². The number of hydrogen-bond donors (Lipinski definition) is 0. The zero-order valence-electron chi connectivity index (χ0n) is 15.5. The van der Waals surface area contributed by atoms with Crippen molar-refractivity contribution in [3.05, 3.63) is 86.5 Å². The Morgan fingerprint density at radius 2 is 1.71 bits per heavy atom. The summed E-state index contributed by atoms with van der Waals surface area (Å²) in [5, 5.41) is 11.4. The van der Waals surface area contributed by atoms with Crippen molar-refractivity contribution in [1.82, 2.24) is 4.90 Å². The van der Waals surface area contributed by atoms with Crippen molar-refractivity contribution < 1.29 is 9.66 Å². The summed E-state index contributed by atoms with van der Waals surface area (Å²) in [5.74, 6) is 0. The van der Waals surface area contributed by atoms with Crippen LogP contribution in [-0.4, -0.2) is 36.1 Å². The van der Waals surface area contributed by atoms with E-state index in [2.05, 4.69) is 23.1 Å². The maximum absolute atomic E-state index is 11.4. The van der Waals surface area contributed by atoms with Gasteiger partial charge in [0.1, 0.15) is 0 Å². The molecule has 28 heavy (non-hydrogen) atoms. The zero-order chi connectivity index (χ0) is 19.3. The highest BCUT2D eigenvalue weighted by molar-refractivity contribution is 8.03. The second-order valence-corrected chi connectivity index (χ2v) is 7.92. The minimum absolute atomic E-state index is 0.168. The van der Waals surface area contributed by atoms with Gasteiger partial charge in [-0.25, -0.2) is 0 Å². The van der Waals surface area contributed by atoms with Crippen molar-refractivity contribution >= 4 is 23.5 Å². The third kappa shape index (κ3) is 4.13. The standard InChI is InChI=1S/C22H22N2O3S/c25-24(26)19-8-4-5-9-20(19)28-21-11-10-18(16-17-6-2-1-3-7-17)22(21)23-12-14-27-15-13-23/h1-9,16H,10-15H2. The normalized spacial score (nSPS) is 18.7. The number of rotatable bonds is 5. The highest BCUT2D eigenvalue weighted by Gasteiger charge is 2.28. The molecule has 0 aromatic heterocycles. The van der Waals surface area contributed by atoms with Crippen LogP contribution in [0.25, 0.3) is 6.08 Å². The molecule has 0 amide bonds. The largest absolute Gasteiger partial charge is 0.378 e. The number of nitro groups is 1. The third-order valence-corrected chi connectivity index (χ3v) is 6.16. The average molecular weight is 394 g/mol. The van der Waals surface area contributed by atoms with Crippen LogP contribution in [0.2, 0.25) is 0 Å². The Kier molecular flexibility index (Phi) is 5.78. The lowest BCUT2D eigenvalue weighted by Gasteiger charge is -2.31. The van der Waals surface area contributed by atoms with Crippen LogP contribution in [0, 0.1) is 10.1 Å². The van der Waals surface area contributed by atoms with E-state index < -0.39 is 0 Å². The van der Waals surface area contributed by atoms with E-state index >= 15 is 0 Å². The molecule has 1 heterocycles. The predicted octanol–water partition coefficient (Wildman–Crippen LogP) is 5.11. The van der Waals surface area contributed by atoms with E-state index in [0.717, 1.165) is 25.9 Å². The number of hydrogen-bond acceptors (Lipinski definition) is 5. The molecule has 0 atom stereocenters. The lowest BCUT2D eigenvalue weighted by molar-refractivity contribution is -0.387. The number of thioether (sulfide) groups is 1. The first-order valence-corrected chi connectivity index (χ1v) is 10.3. The summed E-state index contributed by atoms with van der Waals surface area (Å²) in [6, 6.07) is 17.3. The van der Waals surface area contributed by atoms with Crippen molar-refractivity contribution in [2.24, 2.45) is 0 Å². The zero-order valence-corrected chi connectivity index (χ0v) is 16.4. The molecule has 1 aliphatic heterocycles. The number of nitrogens with zero attached hydrogens (tertiary/aromatic N) is 2. The highest BCUT2D eigenvalue weighted by atomic mass is 32.2. The molecule has 2 aliphatic rings. The van der Waals surface area contributed by atoms with Crippen LogP contribution >= 0.6 is 11.8 Å². The van der Waals surface area contributed by atoms with E-state index in [0.29, 0.717) is 18.1 Å². The van der Waals surface area contributed by atoms with Gasteiger partial charge in [-0.2, -0.15) is 0 Å². The summed E-state index contributed by atoms with van der Waals surface area (Å²) in [7, 11) is 0. The molecule has 0 spiro atoms. The quantitative estimate of drug-likeness (QED) is 0.521. The van der Waals surface area contributed by atoms with Crippen LogP contribution < -0.4 is 0 Å². The number of para-hydroxylation sites is 1. The van der Waals surface area contributed by atoms with E-state index in [4.69, 9.17) is 4.74 Å². The molecule has 6 heteroatoms. The molecule has 1 aliphatic carbocycles. The second-order valence-electron chi connectivity index (χ2n) is 6.78. The summed E-state index contributed by atoms with van der Waals surface area (Å²) >= 11 is 1.54. The number of nitro benzene ring substituents is 1. The van der Waals surface area contributed by atoms with Gasteiger partial charge in [-0.1, -0.05) is 54.2 Å². The third-order valence-electron chi connectivity index (χ3n) is 4.95. The van der Waals surface area contributed by atoms with E-state index in [1.165, 1.54) is 33.5 Å². The van der Waals surface area contributed by atoms with Gasteiger partial charge < -0.3 is 9.64 Å². The van der Waals surface area contributed by atoms with Gasteiger partial charge >= 0.3 is 0 Å². The van der Waals surface area contributed by atoms with Crippen LogP contribution in [0.4, 0.5) is 5.69 Å². The molecule has 144 valence electrons. The number of ether oxygens (including phenoxy) is 1. The Morgan fingerprint density at radius 3 is 2.46 bits per heavy atom. The van der Waals surface area contributed by atoms with Crippen molar-refractivity contribution in [2.45, 2.75) is 17.7 Å². The van der Waals surface area contributed by atoms with Crippen LogP contribution in [0.1, 0.15) is 18.4 Å². The van der Waals surface area contributed by atoms with Gasteiger partial charge in [0.15, 0.2) is 0 Å². The van der Waals surface area contributed by atoms with Gasteiger partial charge in [-0.15, -0.1) is 0 Å². The fraction of sp³-hybridized carbons (Fsp3) is 0.273. The molecule has 0 bridgehead atoms. The molecule has 0 radical (unpaired) electrons. The maximum atomic E-state index is 11.4. The monoisotopic (exact) mass is 394 g/mol. The van der Waals surface area contributed by atoms with Gasteiger partial charge in [-0.3, -0.25) is 10.1 Å². The van der Waals surface area contributed by atoms with Crippen molar-refractivity contribution in [2.75, 3.05) is 26.3 Å². The first-order chi connectivity index (χ1) is 13.7. The van der Waals surface area contributed by atoms with Gasteiger partial charge in [-0.05, 0) is 36.1 Å². The molecule has 0 saturated carbocycles. The fourth-order valence-electron chi connectivity index (χ4n) is 3.65. The SMILES string of the molecule is O=[N+]([O-])c1ccccc1SC1=C(N2CCOCC2)C(=Cc2ccccc2)CC1. The van der Waals surface area contributed by atoms with E-state index in [1.807, 2.05) is 30.3 Å². The minimum Gasteiger partial charge on any atom is -0.378 e. The molecule has 0 unspecified atom stereocenters. The van der Waals surface area contributed by atoms with Gasteiger partial charge in [0.25, 0.3) is 5.69 Å². The van der Waals surface area contributed by atoms with Crippen molar-refractivity contribution in [1.29, 1.82) is 0 Å². The molecule has 0 N–H and O–H groups in total. The van der Waals surface area contributed by atoms with Crippen molar-refractivity contribution in [3.8, 4) is 0 Å². The number of benzene rings is 2. The average Bonchev–Trinajstić information content (AvgIpc) is 3.11. The van der Waals surface area contributed by atoms with Crippen LogP contribution in [0.3, 0.4) is 0 Å². The first-order valence-electron chi connectivity index (χ1n) is 9.45. The topological polar surface area (TPSA) is 55.6 Å². The number of allylic oxidation sites excluding steroid dienone is 2. The van der Waals surface area contributed by atoms with Crippen LogP contribution in [0.15, 0.2) is 75.7 Å². The summed E-state index contributed by atoms with van der Waals surface area (Å²) in [4.78, 5) is 15.4. The van der Waals surface area contributed by atoms with Crippen LogP contribution in [-0.2, 0) is 4.74 Å². The second kappa shape index (κ2) is 8.63. The van der Waals surface area contributed by atoms with Gasteiger partial charge in [0, 0.05) is 24.1 Å². The smallest absolute Gasteiger partial charge is 0.283 e. The molecule has 2 aromatic rings. The van der Waals surface area contributed by atoms with E-state index in [1.54, 1.807) is 12.1 Å². The maximum Gasteiger partial charge on any atom is 0.283 e. The van der Waals surface area contributed by atoms with Gasteiger partial charge in [0.05, 0.1) is 28.7 Å². The summed E-state index contributed by atoms with van der Waals surface area (Å²) in [6.07, 6.45) is 4.10. The van der Waals surface area contributed by atoms with Crippen molar-refractivity contribution in [3.63, 3.8) is 0 Å². The summed E-state index contributed by atoms with van der Waals surface area (Å²) < 4.78 is 5.54. The Labute approximate surface area is 168 Å². The lowest BCUT2D eigenvalue weighted by Crippen LogP contribution is -2.35. The highest BCUT2D eigenvalue weighted by Crippen LogP contribution is 2.45. The van der Waals surface area contributed by atoms with E-state index in [9.17, 15) is 10.1 Å². The first kappa shape index (κ1) is 18.8. The molecule has 2 aromatic carbocycles. The Morgan fingerprint density at radius 1 is 1.00 bits per heavy atom. The fourth-order valence-corrected chi connectivity index (χ4v) is 4.87. The Bertz CT molecular complexity index is 918. The number of morpholine rings is 1. The molecule has 4 rings (SSSR count). The van der Waals surface area contributed by atoms with E-state index in [-0.39, 0.29) is 10.6 Å². The minimum atomic E-state index is -0.299. The summed E-state index contributed by atoms with van der Waals surface area (Å²) in [6.45, 7) is 3.13. The Balaban J connectivity index is 1.72. The molecular weight excluding hydrogens is 372 g/mol. The predicted molar refractivity (Wildman–Crippen MR) is 112 cm³/mol. The lowest BCUT2D eigenvalue weighted by atomic mass is 10.1. The van der Waals surface area contributed by atoms with Gasteiger partial charge in [0.2, 0.25) is 0 Å². The molecule has 1 saturated heterocycles. The summed E-state index contributed by atoms with van der Waals surface area (Å²) in [5.41, 5.74) is 3.88. The molecular formula is C22H22N2O3S.